The second kappa shape index (κ2) is 5.64. The quantitative estimate of drug-likeness (QED) is 0.859. The molecular weight excluding hydrogens is 265 g/mol. The van der Waals surface area contributed by atoms with E-state index in [1.807, 2.05) is 0 Å². The van der Waals surface area contributed by atoms with Crippen molar-refractivity contribution in [2.24, 2.45) is 0 Å². The Morgan fingerprint density at radius 1 is 1.26 bits per heavy atom. The highest BCUT2D eigenvalue weighted by Crippen LogP contribution is 2.42. The predicted octanol–water partition coefficient (Wildman–Crippen LogP) is 2.82. The van der Waals surface area contributed by atoms with Crippen molar-refractivity contribution in [2.45, 2.75) is 6.18 Å². The van der Waals surface area contributed by atoms with Gasteiger partial charge in [0, 0.05) is 6.08 Å². The van der Waals surface area contributed by atoms with E-state index in [2.05, 4.69) is 4.74 Å². The molecule has 0 fully saturated rings. The summed E-state index contributed by atoms with van der Waals surface area (Å²) in [6.07, 6.45) is -2.85. The van der Waals surface area contributed by atoms with Crippen LogP contribution in [-0.2, 0) is 11.0 Å². The van der Waals surface area contributed by atoms with Gasteiger partial charge in [-0.2, -0.15) is 13.2 Å². The van der Waals surface area contributed by atoms with E-state index in [4.69, 9.17) is 9.84 Å². The first-order chi connectivity index (χ1) is 8.79. The highest BCUT2D eigenvalue weighted by molar-refractivity contribution is 5.85. The van der Waals surface area contributed by atoms with Crippen molar-refractivity contribution < 1.29 is 32.5 Å². The largest absolute Gasteiger partial charge is 0.493 e. The fraction of sp³-hybridized carbons (Fsp3) is 0.250. The lowest BCUT2D eigenvalue weighted by molar-refractivity contribution is -0.139. The average molecular weight is 276 g/mol. The number of carboxylic acids is 1. The zero-order valence-electron chi connectivity index (χ0n) is 10.1. The standard InChI is InChI=1S/C12H11F3O4/c1-18-9-6-7(3-4-10(16)17)5-8(11(9)19-2)12(13,14)15/h3-6H,1-2H3,(H,16,17)/b4-3+. The number of rotatable bonds is 4. The van der Waals surface area contributed by atoms with E-state index < -0.39 is 23.5 Å². The molecule has 4 nitrogen and oxygen atoms in total. The lowest BCUT2D eigenvalue weighted by Gasteiger charge is -2.16. The predicted molar refractivity (Wildman–Crippen MR) is 61.2 cm³/mol. The first-order valence-corrected chi connectivity index (χ1v) is 5.03. The van der Waals surface area contributed by atoms with Crippen LogP contribution >= 0.6 is 0 Å². The minimum atomic E-state index is -4.63. The molecule has 1 N–H and O–H groups in total. The average Bonchev–Trinajstić information content (AvgIpc) is 2.33. The third-order valence-corrected chi connectivity index (χ3v) is 2.22. The summed E-state index contributed by atoms with van der Waals surface area (Å²) in [6.45, 7) is 0. The van der Waals surface area contributed by atoms with Gasteiger partial charge in [0.05, 0.1) is 14.2 Å². The lowest BCUT2D eigenvalue weighted by Crippen LogP contribution is -2.09. The second-order valence-corrected chi connectivity index (χ2v) is 3.47. The number of hydrogen-bond acceptors (Lipinski definition) is 3. The van der Waals surface area contributed by atoms with Gasteiger partial charge in [0.1, 0.15) is 5.56 Å². The van der Waals surface area contributed by atoms with Crippen LogP contribution in [0.25, 0.3) is 6.08 Å². The smallest absolute Gasteiger partial charge is 0.420 e. The molecule has 0 heterocycles. The van der Waals surface area contributed by atoms with Crippen LogP contribution in [0.5, 0.6) is 11.5 Å². The minimum absolute atomic E-state index is 0.0485. The molecule has 104 valence electrons. The summed E-state index contributed by atoms with van der Waals surface area (Å²) < 4.78 is 48.1. The molecule has 0 saturated heterocycles. The molecule has 0 aliphatic heterocycles. The molecule has 0 aliphatic carbocycles. The molecule has 0 spiro atoms. The first kappa shape index (κ1) is 14.9. The van der Waals surface area contributed by atoms with Crippen molar-refractivity contribution in [3.05, 3.63) is 29.3 Å². The Balaban J connectivity index is 3.42. The Labute approximate surface area is 107 Å². The minimum Gasteiger partial charge on any atom is -0.493 e. The van der Waals surface area contributed by atoms with E-state index in [9.17, 15) is 18.0 Å². The van der Waals surface area contributed by atoms with Crippen molar-refractivity contribution in [1.82, 2.24) is 0 Å². The Morgan fingerprint density at radius 3 is 2.32 bits per heavy atom. The summed E-state index contributed by atoms with van der Waals surface area (Å²) in [7, 11) is 2.29. The molecule has 0 aliphatic rings. The monoisotopic (exact) mass is 276 g/mol. The van der Waals surface area contributed by atoms with Crippen LogP contribution < -0.4 is 9.47 Å². The van der Waals surface area contributed by atoms with Crippen molar-refractivity contribution in [3.63, 3.8) is 0 Å². The highest BCUT2D eigenvalue weighted by Gasteiger charge is 2.36. The first-order valence-electron chi connectivity index (χ1n) is 5.03. The van der Waals surface area contributed by atoms with Crippen LogP contribution in [0.4, 0.5) is 13.2 Å². The molecule has 1 rings (SSSR count). The van der Waals surface area contributed by atoms with E-state index in [0.29, 0.717) is 0 Å². The summed E-state index contributed by atoms with van der Waals surface area (Å²) in [5.41, 5.74) is -0.980. The fourth-order valence-electron chi connectivity index (χ4n) is 1.46. The number of ether oxygens (including phenoxy) is 2. The Bertz CT molecular complexity index is 506. The van der Waals surface area contributed by atoms with Gasteiger partial charge in [0.25, 0.3) is 0 Å². The summed E-state index contributed by atoms with van der Waals surface area (Å²) in [6, 6.07) is 2.05. The topological polar surface area (TPSA) is 55.8 Å². The number of carbonyl (C=O) groups is 1. The maximum Gasteiger partial charge on any atom is 0.420 e. The van der Waals surface area contributed by atoms with Gasteiger partial charge >= 0.3 is 12.1 Å². The Kier molecular flexibility index (Phi) is 4.42. The van der Waals surface area contributed by atoms with E-state index in [-0.39, 0.29) is 11.3 Å². The fourth-order valence-corrected chi connectivity index (χ4v) is 1.46. The highest BCUT2D eigenvalue weighted by atomic mass is 19.4. The molecule has 0 atom stereocenters. The Hall–Kier alpha value is -2.18. The molecule has 0 bridgehead atoms. The van der Waals surface area contributed by atoms with Gasteiger partial charge in [-0.3, -0.25) is 0 Å². The van der Waals surface area contributed by atoms with Gasteiger partial charge in [-0.15, -0.1) is 0 Å². The maximum absolute atomic E-state index is 12.9. The van der Waals surface area contributed by atoms with Crippen LogP contribution in [0.1, 0.15) is 11.1 Å². The van der Waals surface area contributed by atoms with Crippen LogP contribution in [0.15, 0.2) is 18.2 Å². The number of halogens is 3. The molecule has 1 aromatic rings. The molecule has 19 heavy (non-hydrogen) atoms. The summed E-state index contributed by atoms with van der Waals surface area (Å²) in [4.78, 5) is 10.4. The summed E-state index contributed by atoms with van der Waals surface area (Å²) in [5.74, 6) is -1.83. The number of aliphatic carboxylic acids is 1. The number of alkyl halides is 3. The number of benzene rings is 1. The number of hydrogen-bond donors (Lipinski definition) is 1. The molecule has 7 heteroatoms. The van der Waals surface area contributed by atoms with Gasteiger partial charge < -0.3 is 14.6 Å². The van der Waals surface area contributed by atoms with E-state index in [1.165, 1.54) is 13.2 Å². The van der Waals surface area contributed by atoms with Gasteiger partial charge in [-0.05, 0) is 23.8 Å². The Morgan fingerprint density at radius 2 is 1.89 bits per heavy atom. The SMILES string of the molecule is COc1cc(/C=C/C(=O)O)cc(C(F)(F)F)c1OC. The van der Waals surface area contributed by atoms with Gasteiger partial charge in [0.15, 0.2) is 11.5 Å². The third kappa shape index (κ3) is 3.64. The van der Waals surface area contributed by atoms with E-state index in [0.717, 1.165) is 25.3 Å². The van der Waals surface area contributed by atoms with Crippen molar-refractivity contribution in [3.8, 4) is 11.5 Å². The molecule has 0 saturated carbocycles. The third-order valence-electron chi connectivity index (χ3n) is 2.22. The molecule has 0 aromatic heterocycles. The zero-order valence-corrected chi connectivity index (χ0v) is 10.1. The zero-order chi connectivity index (χ0) is 14.6. The molecule has 0 radical (unpaired) electrons. The summed E-state index contributed by atoms with van der Waals surface area (Å²) >= 11 is 0. The van der Waals surface area contributed by atoms with Crippen molar-refractivity contribution >= 4 is 12.0 Å². The molecule has 0 amide bonds. The second-order valence-electron chi connectivity index (χ2n) is 3.47. The lowest BCUT2D eigenvalue weighted by atomic mass is 10.1. The van der Waals surface area contributed by atoms with Gasteiger partial charge in [0.2, 0.25) is 0 Å². The summed E-state index contributed by atoms with van der Waals surface area (Å²) in [5, 5.41) is 8.47. The van der Waals surface area contributed by atoms with Crippen LogP contribution in [0.3, 0.4) is 0 Å². The van der Waals surface area contributed by atoms with Crippen molar-refractivity contribution in [1.29, 1.82) is 0 Å². The number of methoxy groups -OCH3 is 2. The van der Waals surface area contributed by atoms with Crippen LogP contribution in [0, 0.1) is 0 Å². The number of carboxylic acid groups (broad SMARTS) is 1. The molecule has 0 unspecified atom stereocenters. The molecular formula is C12H11F3O4. The van der Waals surface area contributed by atoms with Crippen LogP contribution in [0.2, 0.25) is 0 Å². The maximum atomic E-state index is 12.9. The molecule has 1 aromatic carbocycles. The van der Waals surface area contributed by atoms with E-state index >= 15 is 0 Å². The van der Waals surface area contributed by atoms with Crippen LogP contribution in [-0.4, -0.2) is 25.3 Å². The van der Waals surface area contributed by atoms with Crippen molar-refractivity contribution in [2.75, 3.05) is 14.2 Å². The normalized spacial score (nSPS) is 11.6. The van der Waals surface area contributed by atoms with E-state index in [1.54, 1.807) is 0 Å². The van der Waals surface area contributed by atoms with Gasteiger partial charge in [-0.25, -0.2) is 4.79 Å². The van der Waals surface area contributed by atoms with Gasteiger partial charge in [-0.1, -0.05) is 0 Å².